The minimum atomic E-state index is -1.96. The van der Waals surface area contributed by atoms with Crippen LogP contribution in [0.4, 0.5) is 0 Å². The number of unbranched alkanes of at least 4 members (excludes halogenated alkanes) is 11. The van der Waals surface area contributed by atoms with E-state index in [9.17, 15) is 61.0 Å². The topological polar surface area (TPSA) is 307 Å². The monoisotopic (exact) mass is 827 g/mol. The molecule has 0 bridgehead atoms. The number of hydrogen-bond donors (Lipinski definition) is 12. The maximum absolute atomic E-state index is 11.9. The van der Waals surface area contributed by atoms with E-state index in [1.54, 1.807) is 6.08 Å². The lowest BCUT2D eigenvalue weighted by molar-refractivity contribution is -0.380. The van der Waals surface area contributed by atoms with Crippen LogP contribution in [0.15, 0.2) is 12.2 Å². The molecule has 0 spiro atoms. The molecule has 0 unspecified atom stereocenters. The number of ether oxygens (including phenoxy) is 6. The van der Waals surface area contributed by atoms with Gasteiger partial charge in [0.25, 0.3) is 0 Å². The first kappa shape index (κ1) is 49.9. The van der Waals surface area contributed by atoms with Crippen LogP contribution < -0.4 is 5.32 Å². The second-order valence-electron chi connectivity index (χ2n) is 15.2. The van der Waals surface area contributed by atoms with Crippen molar-refractivity contribution in [3.05, 3.63) is 12.2 Å². The third kappa shape index (κ3) is 14.9. The molecule has 3 aliphatic rings. The van der Waals surface area contributed by atoms with Crippen molar-refractivity contribution in [3.63, 3.8) is 0 Å². The minimum Gasteiger partial charge on any atom is -0.394 e. The summed E-state index contributed by atoms with van der Waals surface area (Å²) in [5.41, 5.74) is 0. The van der Waals surface area contributed by atoms with Crippen molar-refractivity contribution >= 4 is 5.91 Å². The molecule has 0 aromatic heterocycles. The Kier molecular flexibility index (Phi) is 22.8. The van der Waals surface area contributed by atoms with Crippen molar-refractivity contribution in [2.75, 3.05) is 26.4 Å². The number of nitrogens with one attached hydrogen (secondary N) is 1. The van der Waals surface area contributed by atoms with Gasteiger partial charge in [-0.3, -0.25) is 4.79 Å². The molecule has 0 saturated carbocycles. The van der Waals surface area contributed by atoms with Gasteiger partial charge in [0.2, 0.25) is 5.91 Å². The van der Waals surface area contributed by atoms with E-state index in [1.807, 2.05) is 6.08 Å². The van der Waals surface area contributed by atoms with Crippen molar-refractivity contribution in [2.24, 2.45) is 0 Å². The molecule has 0 radical (unpaired) electrons. The Morgan fingerprint density at radius 1 is 0.614 bits per heavy atom. The highest BCUT2D eigenvalue weighted by molar-refractivity contribution is 5.73. The zero-order chi connectivity index (χ0) is 42.1. The van der Waals surface area contributed by atoms with Gasteiger partial charge in [-0.1, -0.05) is 83.3 Å². The van der Waals surface area contributed by atoms with Gasteiger partial charge in [-0.25, -0.2) is 0 Å². The number of aliphatic hydroxyl groups excluding tert-OH is 11. The molecule has 19 heteroatoms. The van der Waals surface area contributed by atoms with Gasteiger partial charge in [0.05, 0.1) is 38.6 Å². The molecule has 0 aliphatic carbocycles. The van der Waals surface area contributed by atoms with E-state index >= 15 is 0 Å². The first-order valence-electron chi connectivity index (χ1n) is 20.4. The van der Waals surface area contributed by atoms with Gasteiger partial charge in [-0.2, -0.15) is 0 Å². The number of amides is 1. The van der Waals surface area contributed by atoms with Gasteiger partial charge in [0.1, 0.15) is 73.2 Å². The molecule has 3 rings (SSSR count). The molecule has 3 fully saturated rings. The maximum Gasteiger partial charge on any atom is 0.217 e. The van der Waals surface area contributed by atoms with Crippen molar-refractivity contribution in [3.8, 4) is 0 Å². The maximum atomic E-state index is 11.9. The van der Waals surface area contributed by atoms with Crippen LogP contribution in [-0.4, -0.2) is 193 Å². The summed E-state index contributed by atoms with van der Waals surface area (Å²) in [6.07, 6.45) is -9.55. The fourth-order valence-corrected chi connectivity index (χ4v) is 7.16. The highest BCUT2D eigenvalue weighted by Gasteiger charge is 2.53. The number of allylic oxidation sites excluding steroid dienone is 1. The zero-order valence-electron chi connectivity index (χ0n) is 33.1. The Bertz CT molecular complexity index is 1140. The average Bonchev–Trinajstić information content (AvgIpc) is 3.19. The number of carbonyl (C=O) groups is 1. The van der Waals surface area contributed by atoms with Crippen LogP contribution in [0.5, 0.6) is 0 Å². The largest absolute Gasteiger partial charge is 0.394 e. The van der Waals surface area contributed by atoms with Crippen LogP contribution in [0.25, 0.3) is 0 Å². The molecule has 3 saturated heterocycles. The first-order valence-corrected chi connectivity index (χ1v) is 20.4. The second kappa shape index (κ2) is 26.0. The fraction of sp³-hybridized carbons (Fsp3) is 0.921. The highest BCUT2D eigenvalue weighted by Crippen LogP contribution is 2.33. The standard InChI is InChI=1S/C38H69NO18/c1-3-4-5-6-7-8-9-10-11-12-13-14-15-16-23(44)22(39-21(2)43)20-52-36-32(50)30(48)34(26(19-42)55-36)56-38-33(51)35(28(46)25(18-41)54-38)57-37-31(49)29(47)27(45)24(17-40)53-37/h15-16,22-38,40-42,44-51H,3-14,17-20H2,1-2H3,(H,39,43)/b16-15+/t22-,23+,24+,25+,26+,27-,28-,29-,30+,31+,32+,33+,34+,35-,36+,37+,38-/m0/s1. The normalized spacial score (nSPS) is 37.3. The number of hydrogen-bond acceptors (Lipinski definition) is 18. The summed E-state index contributed by atoms with van der Waals surface area (Å²) in [5, 5.41) is 118. The molecule has 17 atom stereocenters. The Balaban J connectivity index is 1.55. The minimum absolute atomic E-state index is 0.376. The SMILES string of the molecule is CCCCCCCCCCCCC/C=C/[C@@H](O)[C@H](CO[C@@H]1O[C@H](CO)[C@@H](O[C@@H]2O[C@H](CO)[C@H](O)[C@H](O[C@H]3O[C@H](CO)[C@H](O)[C@H](O)[C@H]3O)[C@H]2O)[C@H](O)[C@H]1O)NC(C)=O. The lowest BCUT2D eigenvalue weighted by Gasteiger charge is -2.48. The molecule has 334 valence electrons. The number of aliphatic hydroxyl groups is 11. The Hall–Kier alpha value is -1.47. The van der Waals surface area contributed by atoms with E-state index in [4.69, 9.17) is 28.4 Å². The fourth-order valence-electron chi connectivity index (χ4n) is 7.16. The first-order chi connectivity index (χ1) is 27.3. The molecule has 19 nitrogen and oxygen atoms in total. The summed E-state index contributed by atoms with van der Waals surface area (Å²) >= 11 is 0. The Labute approximate surface area is 334 Å². The smallest absolute Gasteiger partial charge is 0.217 e. The molecular formula is C38H69NO18. The molecule has 1 amide bonds. The third-order valence-electron chi connectivity index (χ3n) is 10.6. The highest BCUT2D eigenvalue weighted by atomic mass is 16.8. The molecule has 0 aromatic rings. The van der Waals surface area contributed by atoms with E-state index in [1.165, 1.54) is 58.3 Å². The van der Waals surface area contributed by atoms with Crippen LogP contribution >= 0.6 is 0 Å². The van der Waals surface area contributed by atoms with Crippen LogP contribution in [0.2, 0.25) is 0 Å². The van der Waals surface area contributed by atoms with Crippen molar-refractivity contribution in [1.29, 1.82) is 0 Å². The van der Waals surface area contributed by atoms with E-state index in [0.717, 1.165) is 25.7 Å². The van der Waals surface area contributed by atoms with Gasteiger partial charge >= 0.3 is 0 Å². The van der Waals surface area contributed by atoms with Crippen LogP contribution in [0.1, 0.15) is 90.9 Å². The van der Waals surface area contributed by atoms with E-state index < -0.39 is 130 Å². The number of carbonyl (C=O) groups excluding carboxylic acids is 1. The summed E-state index contributed by atoms with van der Waals surface area (Å²) in [5.74, 6) is -0.459. The molecular weight excluding hydrogens is 758 g/mol. The lowest BCUT2D eigenvalue weighted by atomic mass is 9.96. The molecule has 12 N–H and O–H groups in total. The summed E-state index contributed by atoms with van der Waals surface area (Å²) in [6.45, 7) is 0.659. The molecule has 57 heavy (non-hydrogen) atoms. The van der Waals surface area contributed by atoms with Crippen molar-refractivity contribution < 1.29 is 89.4 Å². The summed E-state index contributed by atoms with van der Waals surface area (Å²) in [6, 6.07) is -0.973. The van der Waals surface area contributed by atoms with E-state index in [-0.39, 0.29) is 6.61 Å². The van der Waals surface area contributed by atoms with Crippen molar-refractivity contribution in [2.45, 2.75) is 195 Å². The number of rotatable bonds is 25. The Morgan fingerprint density at radius 3 is 1.67 bits per heavy atom. The lowest BCUT2D eigenvalue weighted by Crippen LogP contribution is -2.67. The Morgan fingerprint density at radius 2 is 1.11 bits per heavy atom. The van der Waals surface area contributed by atoms with Gasteiger partial charge < -0.3 is 89.9 Å². The molecule has 0 aromatic carbocycles. The summed E-state index contributed by atoms with van der Waals surface area (Å²) in [7, 11) is 0. The van der Waals surface area contributed by atoms with Gasteiger partial charge in [0, 0.05) is 6.92 Å². The van der Waals surface area contributed by atoms with Gasteiger partial charge in [0.15, 0.2) is 18.9 Å². The van der Waals surface area contributed by atoms with Gasteiger partial charge in [-0.15, -0.1) is 0 Å². The van der Waals surface area contributed by atoms with Gasteiger partial charge in [-0.05, 0) is 12.8 Å². The average molecular weight is 828 g/mol. The molecule has 3 heterocycles. The van der Waals surface area contributed by atoms with Crippen molar-refractivity contribution in [1.82, 2.24) is 5.32 Å². The summed E-state index contributed by atoms with van der Waals surface area (Å²) in [4.78, 5) is 11.9. The van der Waals surface area contributed by atoms with Crippen LogP contribution in [0.3, 0.4) is 0 Å². The predicted molar refractivity (Wildman–Crippen MR) is 199 cm³/mol. The van der Waals surface area contributed by atoms with Crippen LogP contribution in [-0.2, 0) is 33.2 Å². The van der Waals surface area contributed by atoms with E-state index in [2.05, 4.69) is 12.2 Å². The summed E-state index contributed by atoms with van der Waals surface area (Å²) < 4.78 is 33.5. The zero-order valence-corrected chi connectivity index (χ0v) is 33.1. The quantitative estimate of drug-likeness (QED) is 0.0337. The van der Waals surface area contributed by atoms with E-state index in [0.29, 0.717) is 0 Å². The second-order valence-corrected chi connectivity index (χ2v) is 15.2. The molecule has 3 aliphatic heterocycles. The van der Waals surface area contributed by atoms with Crippen LogP contribution in [0, 0.1) is 0 Å². The predicted octanol–water partition coefficient (Wildman–Crippen LogP) is -2.43. The third-order valence-corrected chi connectivity index (χ3v) is 10.6.